The van der Waals surface area contributed by atoms with E-state index in [9.17, 15) is 4.79 Å². The molecule has 1 aromatic carbocycles. The van der Waals surface area contributed by atoms with E-state index in [1.165, 1.54) is 0 Å². The molecule has 0 radical (unpaired) electrons. The van der Waals surface area contributed by atoms with E-state index in [1.807, 2.05) is 47.0 Å². The third-order valence-electron chi connectivity index (χ3n) is 3.68. The van der Waals surface area contributed by atoms with Crippen molar-refractivity contribution in [3.05, 3.63) is 41.9 Å². The molecule has 1 aliphatic heterocycles. The molecule has 1 saturated heterocycles. The van der Waals surface area contributed by atoms with E-state index in [4.69, 9.17) is 4.42 Å². The number of amides is 1. The van der Waals surface area contributed by atoms with Crippen LogP contribution >= 0.6 is 11.8 Å². The van der Waals surface area contributed by atoms with Crippen molar-refractivity contribution in [1.82, 2.24) is 9.88 Å². The number of thioether (sulfide) groups is 1. The lowest BCUT2D eigenvalue weighted by molar-refractivity contribution is 0.0748. The van der Waals surface area contributed by atoms with Gasteiger partial charge in [0.15, 0.2) is 17.3 Å². The molecule has 0 saturated carbocycles. The lowest BCUT2D eigenvalue weighted by Crippen LogP contribution is -2.44. The van der Waals surface area contributed by atoms with Crippen LogP contribution in [0.3, 0.4) is 0 Å². The van der Waals surface area contributed by atoms with Crippen molar-refractivity contribution in [2.75, 3.05) is 13.1 Å². The molecule has 0 bridgehead atoms. The second-order valence-corrected chi connectivity index (χ2v) is 7.63. The molecule has 0 unspecified atom stereocenters. The summed E-state index contributed by atoms with van der Waals surface area (Å²) in [6.07, 6.45) is 0. The first-order valence-electron chi connectivity index (χ1n) is 7.52. The Hall–Kier alpha value is -1.75. The summed E-state index contributed by atoms with van der Waals surface area (Å²) >= 11 is 1.93. The van der Waals surface area contributed by atoms with Gasteiger partial charge >= 0.3 is 0 Å². The SMILES string of the molecule is Cc1nc(C(=O)N2C[C@@H](C)S[C@@H](C)C2)c(-c2ccccc2)o1. The van der Waals surface area contributed by atoms with E-state index in [-0.39, 0.29) is 5.91 Å². The third kappa shape index (κ3) is 3.04. The zero-order chi connectivity index (χ0) is 15.7. The van der Waals surface area contributed by atoms with Crippen LogP contribution < -0.4 is 0 Å². The van der Waals surface area contributed by atoms with Crippen LogP contribution in [0.25, 0.3) is 11.3 Å². The molecule has 116 valence electrons. The number of carbonyl (C=O) groups is 1. The lowest BCUT2D eigenvalue weighted by atomic mass is 10.1. The lowest BCUT2D eigenvalue weighted by Gasteiger charge is -2.34. The minimum Gasteiger partial charge on any atom is -0.440 e. The van der Waals surface area contributed by atoms with Crippen LogP contribution in [0.4, 0.5) is 0 Å². The highest BCUT2D eigenvalue weighted by molar-refractivity contribution is 8.00. The van der Waals surface area contributed by atoms with Crippen molar-refractivity contribution in [3.8, 4) is 11.3 Å². The van der Waals surface area contributed by atoms with E-state index in [0.717, 1.165) is 18.7 Å². The number of benzene rings is 1. The molecule has 1 amide bonds. The number of aryl methyl sites for hydroxylation is 1. The zero-order valence-corrected chi connectivity index (χ0v) is 13.9. The molecule has 0 N–H and O–H groups in total. The smallest absolute Gasteiger partial charge is 0.276 e. The molecule has 4 nitrogen and oxygen atoms in total. The summed E-state index contributed by atoms with van der Waals surface area (Å²) in [5.41, 5.74) is 1.31. The molecule has 5 heteroatoms. The normalized spacial score (nSPS) is 21.9. The first-order valence-corrected chi connectivity index (χ1v) is 8.46. The van der Waals surface area contributed by atoms with Gasteiger partial charge in [-0.25, -0.2) is 4.98 Å². The molecule has 2 heterocycles. The molecular weight excluding hydrogens is 296 g/mol. The quantitative estimate of drug-likeness (QED) is 0.849. The Morgan fingerprint density at radius 3 is 2.50 bits per heavy atom. The van der Waals surface area contributed by atoms with Gasteiger partial charge in [-0.15, -0.1) is 0 Å². The van der Waals surface area contributed by atoms with Gasteiger partial charge in [-0.05, 0) is 0 Å². The van der Waals surface area contributed by atoms with Gasteiger partial charge in [0, 0.05) is 36.1 Å². The number of oxazole rings is 1. The van der Waals surface area contributed by atoms with Crippen LogP contribution in [-0.2, 0) is 0 Å². The Labute approximate surface area is 134 Å². The van der Waals surface area contributed by atoms with Crippen LogP contribution in [0.15, 0.2) is 34.7 Å². The fourth-order valence-corrected chi connectivity index (χ4v) is 4.18. The Morgan fingerprint density at radius 1 is 1.23 bits per heavy atom. The van der Waals surface area contributed by atoms with E-state index in [1.54, 1.807) is 6.92 Å². The van der Waals surface area contributed by atoms with Gasteiger partial charge < -0.3 is 9.32 Å². The predicted molar refractivity (Wildman–Crippen MR) is 89.1 cm³/mol. The highest BCUT2D eigenvalue weighted by atomic mass is 32.2. The fourth-order valence-electron chi connectivity index (χ4n) is 2.85. The minimum atomic E-state index is -0.0327. The summed E-state index contributed by atoms with van der Waals surface area (Å²) in [5, 5.41) is 0.891. The average Bonchev–Trinajstić information content (AvgIpc) is 2.88. The fraction of sp³-hybridized carbons (Fsp3) is 0.412. The van der Waals surface area contributed by atoms with Crippen molar-refractivity contribution in [2.45, 2.75) is 31.3 Å². The monoisotopic (exact) mass is 316 g/mol. The van der Waals surface area contributed by atoms with Crippen LogP contribution in [0.2, 0.25) is 0 Å². The summed E-state index contributed by atoms with van der Waals surface area (Å²) < 4.78 is 5.70. The topological polar surface area (TPSA) is 46.3 Å². The largest absolute Gasteiger partial charge is 0.440 e. The van der Waals surface area contributed by atoms with Crippen LogP contribution in [0, 0.1) is 6.92 Å². The van der Waals surface area contributed by atoms with Gasteiger partial charge in [0.1, 0.15) is 0 Å². The Morgan fingerprint density at radius 2 is 1.86 bits per heavy atom. The standard InChI is InChI=1S/C17H20N2O2S/c1-11-9-19(10-12(2)22-11)17(20)15-16(21-13(3)18-15)14-7-5-4-6-8-14/h4-8,11-12H,9-10H2,1-3H3/t11-,12+. The van der Waals surface area contributed by atoms with Gasteiger partial charge in [0.05, 0.1) is 0 Å². The van der Waals surface area contributed by atoms with Gasteiger partial charge in [-0.1, -0.05) is 44.2 Å². The van der Waals surface area contributed by atoms with E-state index in [0.29, 0.717) is 27.8 Å². The number of aromatic nitrogens is 1. The molecule has 0 aliphatic carbocycles. The Balaban J connectivity index is 1.93. The van der Waals surface area contributed by atoms with Crippen molar-refractivity contribution in [1.29, 1.82) is 0 Å². The minimum absolute atomic E-state index is 0.0327. The van der Waals surface area contributed by atoms with Crippen molar-refractivity contribution >= 4 is 17.7 Å². The van der Waals surface area contributed by atoms with Gasteiger partial charge in [0.25, 0.3) is 5.91 Å². The predicted octanol–water partition coefficient (Wildman–Crippen LogP) is 3.62. The number of hydrogen-bond donors (Lipinski definition) is 0. The summed E-state index contributed by atoms with van der Waals surface area (Å²) in [4.78, 5) is 19.1. The maximum absolute atomic E-state index is 12.9. The molecule has 2 atom stereocenters. The Bertz CT molecular complexity index is 659. The van der Waals surface area contributed by atoms with Crippen LogP contribution in [0.1, 0.15) is 30.2 Å². The average molecular weight is 316 g/mol. The van der Waals surface area contributed by atoms with Crippen molar-refractivity contribution < 1.29 is 9.21 Å². The number of hydrogen-bond acceptors (Lipinski definition) is 4. The first-order chi connectivity index (χ1) is 10.5. The first kappa shape index (κ1) is 15.2. The highest BCUT2D eigenvalue weighted by Crippen LogP contribution is 2.29. The van der Waals surface area contributed by atoms with E-state index in [2.05, 4.69) is 18.8 Å². The molecule has 1 aliphatic rings. The van der Waals surface area contributed by atoms with E-state index >= 15 is 0 Å². The maximum Gasteiger partial charge on any atom is 0.276 e. The van der Waals surface area contributed by atoms with Crippen molar-refractivity contribution in [2.24, 2.45) is 0 Å². The molecular formula is C17H20N2O2S. The molecule has 22 heavy (non-hydrogen) atoms. The van der Waals surface area contributed by atoms with Crippen molar-refractivity contribution in [3.63, 3.8) is 0 Å². The molecule has 2 aromatic rings. The molecule has 3 rings (SSSR count). The van der Waals surface area contributed by atoms with E-state index < -0.39 is 0 Å². The second-order valence-electron chi connectivity index (χ2n) is 5.74. The zero-order valence-electron chi connectivity index (χ0n) is 13.1. The summed E-state index contributed by atoms with van der Waals surface area (Å²) in [7, 11) is 0. The summed E-state index contributed by atoms with van der Waals surface area (Å²) in [6.45, 7) is 7.61. The number of carbonyl (C=O) groups excluding carboxylic acids is 1. The Kier molecular flexibility index (Phi) is 4.25. The number of nitrogens with zero attached hydrogens (tertiary/aromatic N) is 2. The summed E-state index contributed by atoms with van der Waals surface area (Å²) in [6, 6.07) is 9.69. The molecule has 0 spiro atoms. The third-order valence-corrected chi connectivity index (χ3v) is 4.91. The molecule has 1 fully saturated rings. The van der Waals surface area contributed by atoms with Gasteiger partial charge in [0.2, 0.25) is 0 Å². The highest BCUT2D eigenvalue weighted by Gasteiger charge is 2.30. The maximum atomic E-state index is 12.9. The van der Waals surface area contributed by atoms with Gasteiger partial charge in [-0.3, -0.25) is 4.79 Å². The van der Waals surface area contributed by atoms with Crippen LogP contribution in [0.5, 0.6) is 0 Å². The van der Waals surface area contributed by atoms with Gasteiger partial charge in [-0.2, -0.15) is 11.8 Å². The summed E-state index contributed by atoms with van der Waals surface area (Å²) in [5.74, 6) is 1.06. The molecule has 1 aromatic heterocycles. The number of rotatable bonds is 2. The van der Waals surface area contributed by atoms with Crippen LogP contribution in [-0.4, -0.2) is 39.4 Å². The second kappa shape index (κ2) is 6.16.